The van der Waals surface area contributed by atoms with E-state index in [1.54, 1.807) is 0 Å². The van der Waals surface area contributed by atoms with E-state index < -0.39 is 41.9 Å². The first-order chi connectivity index (χ1) is 8.84. The summed E-state index contributed by atoms with van der Waals surface area (Å²) in [6.07, 6.45) is -1.69. The SMILES string of the molecule is N[C@@H](C[C@]1(C(=O)O)CC2OC[C@@H](O)CC2O1)C(=O)O. The fraction of sp³-hybridized carbons (Fsp3) is 0.818. The van der Waals surface area contributed by atoms with Gasteiger partial charge in [0.25, 0.3) is 0 Å². The molecular formula is C11H17NO7. The maximum absolute atomic E-state index is 11.4. The summed E-state index contributed by atoms with van der Waals surface area (Å²) in [7, 11) is 0. The minimum Gasteiger partial charge on any atom is -0.480 e. The molecule has 8 nitrogen and oxygen atoms in total. The molecular weight excluding hydrogens is 258 g/mol. The Bertz CT molecular complexity index is 387. The summed E-state index contributed by atoms with van der Waals surface area (Å²) in [5, 5.41) is 27.6. The van der Waals surface area contributed by atoms with E-state index in [9.17, 15) is 19.8 Å². The highest BCUT2D eigenvalue weighted by molar-refractivity contribution is 5.80. The fourth-order valence-corrected chi connectivity index (χ4v) is 2.61. The molecule has 2 heterocycles. The summed E-state index contributed by atoms with van der Waals surface area (Å²) in [6, 6.07) is -1.32. The molecule has 2 fully saturated rings. The van der Waals surface area contributed by atoms with E-state index in [-0.39, 0.29) is 25.9 Å². The molecule has 0 radical (unpaired) electrons. The number of carboxylic acid groups (broad SMARTS) is 2. The summed E-state index contributed by atoms with van der Waals surface area (Å²) in [4.78, 5) is 22.2. The van der Waals surface area contributed by atoms with Gasteiger partial charge in [0.2, 0.25) is 0 Å². The van der Waals surface area contributed by atoms with Crippen LogP contribution >= 0.6 is 0 Å². The summed E-state index contributed by atoms with van der Waals surface area (Å²) in [5.41, 5.74) is 3.75. The number of fused-ring (bicyclic) bond motifs is 1. The van der Waals surface area contributed by atoms with Gasteiger partial charge in [-0.2, -0.15) is 0 Å². The van der Waals surface area contributed by atoms with Crippen LogP contribution in [0.25, 0.3) is 0 Å². The van der Waals surface area contributed by atoms with Crippen LogP contribution in [0.4, 0.5) is 0 Å². The van der Waals surface area contributed by atoms with Gasteiger partial charge in [0.05, 0.1) is 24.9 Å². The second kappa shape index (κ2) is 5.04. The van der Waals surface area contributed by atoms with E-state index in [1.807, 2.05) is 0 Å². The van der Waals surface area contributed by atoms with Crippen LogP contribution < -0.4 is 5.73 Å². The number of ether oxygens (including phenoxy) is 2. The average molecular weight is 275 g/mol. The highest BCUT2D eigenvalue weighted by atomic mass is 16.6. The zero-order valence-electron chi connectivity index (χ0n) is 10.2. The Morgan fingerprint density at radius 1 is 1.37 bits per heavy atom. The van der Waals surface area contributed by atoms with Crippen LogP contribution in [0.5, 0.6) is 0 Å². The van der Waals surface area contributed by atoms with Crippen molar-refractivity contribution >= 4 is 11.9 Å². The molecule has 19 heavy (non-hydrogen) atoms. The van der Waals surface area contributed by atoms with Crippen molar-refractivity contribution in [2.45, 2.75) is 49.2 Å². The molecule has 2 unspecified atom stereocenters. The Labute approximate surface area is 109 Å². The number of aliphatic carboxylic acids is 2. The number of aliphatic hydroxyl groups excluding tert-OH is 1. The van der Waals surface area contributed by atoms with Crippen molar-refractivity contribution in [3.8, 4) is 0 Å². The van der Waals surface area contributed by atoms with Gasteiger partial charge in [-0.1, -0.05) is 0 Å². The molecule has 8 heteroatoms. The molecule has 0 spiro atoms. The Balaban J connectivity index is 2.14. The van der Waals surface area contributed by atoms with Gasteiger partial charge in [-0.25, -0.2) is 4.79 Å². The molecule has 0 aromatic rings. The van der Waals surface area contributed by atoms with E-state index in [4.69, 9.17) is 20.3 Å². The number of carbonyl (C=O) groups is 2. The number of nitrogens with two attached hydrogens (primary N) is 1. The van der Waals surface area contributed by atoms with Crippen LogP contribution in [0.15, 0.2) is 0 Å². The zero-order chi connectivity index (χ0) is 14.2. The summed E-state index contributed by atoms with van der Waals surface area (Å²) < 4.78 is 10.8. The molecule has 2 aliphatic heterocycles. The van der Waals surface area contributed by atoms with Gasteiger partial charge in [0.1, 0.15) is 6.04 Å². The summed E-state index contributed by atoms with van der Waals surface area (Å²) in [5.74, 6) is -2.53. The molecule has 0 aromatic carbocycles. The minimum absolute atomic E-state index is 0.0424. The van der Waals surface area contributed by atoms with Crippen molar-refractivity contribution in [1.82, 2.24) is 0 Å². The van der Waals surface area contributed by atoms with Crippen molar-refractivity contribution in [3.63, 3.8) is 0 Å². The normalized spacial score (nSPS) is 39.6. The lowest BCUT2D eigenvalue weighted by molar-refractivity contribution is -0.171. The van der Waals surface area contributed by atoms with Gasteiger partial charge < -0.3 is 30.5 Å². The van der Waals surface area contributed by atoms with Crippen molar-refractivity contribution in [2.24, 2.45) is 5.73 Å². The maximum Gasteiger partial charge on any atom is 0.336 e. The standard InChI is InChI=1S/C11H17NO7/c12-6(9(14)15)2-11(10(16)17)3-8-7(19-11)1-5(13)4-18-8/h5-8,13H,1-4,12H2,(H,14,15)(H,16,17)/t5-,6-,7?,8?,11+/m0/s1. The van der Waals surface area contributed by atoms with Gasteiger partial charge >= 0.3 is 11.9 Å². The van der Waals surface area contributed by atoms with Crippen molar-refractivity contribution in [2.75, 3.05) is 6.61 Å². The lowest BCUT2D eigenvalue weighted by atomic mass is 9.90. The molecule has 0 aromatic heterocycles. The highest BCUT2D eigenvalue weighted by Crippen LogP contribution is 2.39. The number of rotatable bonds is 4. The third kappa shape index (κ3) is 2.71. The number of aliphatic hydroxyl groups is 1. The van der Waals surface area contributed by atoms with E-state index >= 15 is 0 Å². The number of hydrogen-bond acceptors (Lipinski definition) is 6. The first-order valence-electron chi connectivity index (χ1n) is 6.03. The Morgan fingerprint density at radius 3 is 2.63 bits per heavy atom. The number of carboxylic acids is 2. The van der Waals surface area contributed by atoms with Crippen LogP contribution in [-0.2, 0) is 19.1 Å². The topological polar surface area (TPSA) is 139 Å². The summed E-state index contributed by atoms with van der Waals surface area (Å²) in [6.45, 7) is 0.130. The maximum atomic E-state index is 11.4. The Morgan fingerprint density at radius 2 is 2.05 bits per heavy atom. The quantitative estimate of drug-likeness (QED) is 0.488. The van der Waals surface area contributed by atoms with Crippen LogP contribution in [-0.4, -0.2) is 63.8 Å². The van der Waals surface area contributed by atoms with Crippen LogP contribution in [0.2, 0.25) is 0 Å². The third-order valence-corrected chi connectivity index (χ3v) is 3.59. The lowest BCUT2D eigenvalue weighted by Crippen LogP contribution is -2.46. The van der Waals surface area contributed by atoms with Crippen molar-refractivity contribution in [3.05, 3.63) is 0 Å². The first kappa shape index (κ1) is 14.2. The molecule has 2 rings (SSSR count). The van der Waals surface area contributed by atoms with E-state index in [0.717, 1.165) is 0 Å². The van der Waals surface area contributed by atoms with Gasteiger partial charge in [-0.05, 0) is 0 Å². The van der Waals surface area contributed by atoms with Crippen LogP contribution in [0.3, 0.4) is 0 Å². The molecule has 108 valence electrons. The number of hydrogen-bond donors (Lipinski definition) is 4. The molecule has 0 bridgehead atoms. The predicted octanol–water partition coefficient (Wildman–Crippen LogP) is -1.45. The average Bonchev–Trinajstić information content (AvgIpc) is 2.67. The highest BCUT2D eigenvalue weighted by Gasteiger charge is 2.55. The second-order valence-electron chi connectivity index (χ2n) is 5.07. The lowest BCUT2D eigenvalue weighted by Gasteiger charge is -2.28. The minimum atomic E-state index is -1.66. The molecule has 0 aliphatic carbocycles. The van der Waals surface area contributed by atoms with E-state index in [2.05, 4.69) is 0 Å². The monoisotopic (exact) mass is 275 g/mol. The van der Waals surface area contributed by atoms with Gasteiger partial charge in [-0.15, -0.1) is 0 Å². The molecule has 5 N–H and O–H groups in total. The Hall–Kier alpha value is -1.22. The fourth-order valence-electron chi connectivity index (χ4n) is 2.61. The molecule has 5 atom stereocenters. The molecule has 0 saturated carbocycles. The zero-order valence-corrected chi connectivity index (χ0v) is 10.2. The molecule has 2 saturated heterocycles. The smallest absolute Gasteiger partial charge is 0.336 e. The van der Waals surface area contributed by atoms with Crippen LogP contribution in [0.1, 0.15) is 19.3 Å². The third-order valence-electron chi connectivity index (χ3n) is 3.59. The largest absolute Gasteiger partial charge is 0.480 e. The van der Waals surface area contributed by atoms with Gasteiger partial charge in [0, 0.05) is 19.3 Å². The van der Waals surface area contributed by atoms with Crippen molar-refractivity contribution in [1.29, 1.82) is 0 Å². The van der Waals surface area contributed by atoms with Crippen molar-refractivity contribution < 1.29 is 34.4 Å². The second-order valence-corrected chi connectivity index (χ2v) is 5.07. The molecule has 2 aliphatic rings. The van der Waals surface area contributed by atoms with E-state index in [1.165, 1.54) is 0 Å². The summed E-state index contributed by atoms with van der Waals surface area (Å²) >= 11 is 0. The van der Waals surface area contributed by atoms with Gasteiger partial charge in [0.15, 0.2) is 5.60 Å². The predicted molar refractivity (Wildman–Crippen MR) is 60.4 cm³/mol. The first-order valence-corrected chi connectivity index (χ1v) is 6.03. The Kier molecular flexibility index (Phi) is 3.77. The molecule has 0 amide bonds. The van der Waals surface area contributed by atoms with Gasteiger partial charge in [-0.3, -0.25) is 4.79 Å². The van der Waals surface area contributed by atoms with E-state index in [0.29, 0.717) is 0 Å². The van der Waals surface area contributed by atoms with Crippen LogP contribution in [0, 0.1) is 0 Å².